The van der Waals surface area contributed by atoms with Crippen LogP contribution in [0.25, 0.3) is 5.69 Å². The third-order valence-electron chi connectivity index (χ3n) is 5.19. The van der Waals surface area contributed by atoms with Crippen molar-refractivity contribution in [2.24, 2.45) is 0 Å². The van der Waals surface area contributed by atoms with E-state index in [9.17, 15) is 4.79 Å². The Hall–Kier alpha value is -2.40. The van der Waals surface area contributed by atoms with Crippen molar-refractivity contribution in [3.63, 3.8) is 0 Å². The Bertz CT molecular complexity index is 868. The Morgan fingerprint density at radius 1 is 1.08 bits per heavy atom. The molecule has 0 N–H and O–H groups in total. The Morgan fingerprint density at radius 3 is 2.31 bits per heavy atom. The summed E-state index contributed by atoms with van der Waals surface area (Å²) in [7, 11) is 0. The summed E-state index contributed by atoms with van der Waals surface area (Å²) in [5.41, 5.74) is 2.98. The number of carbonyl (C=O) groups is 1. The molecule has 134 valence electrons. The molecule has 2 aromatic heterocycles. The maximum absolute atomic E-state index is 12.8. The van der Waals surface area contributed by atoms with Crippen LogP contribution in [0.3, 0.4) is 0 Å². The molecule has 0 atom stereocenters. The first-order valence-corrected chi connectivity index (χ1v) is 9.90. The van der Waals surface area contributed by atoms with Gasteiger partial charge in [-0.1, -0.05) is 0 Å². The zero-order valence-electron chi connectivity index (χ0n) is 15.2. The van der Waals surface area contributed by atoms with Crippen LogP contribution in [0.15, 0.2) is 48.8 Å². The van der Waals surface area contributed by atoms with Crippen LogP contribution >= 0.6 is 11.3 Å². The zero-order valence-corrected chi connectivity index (χ0v) is 16.0. The van der Waals surface area contributed by atoms with Crippen molar-refractivity contribution in [2.45, 2.75) is 32.6 Å². The normalized spacial score (nSPS) is 15.4. The predicted molar refractivity (Wildman–Crippen MR) is 105 cm³/mol. The molecule has 26 heavy (non-hydrogen) atoms. The van der Waals surface area contributed by atoms with Gasteiger partial charge in [0.15, 0.2) is 0 Å². The maximum Gasteiger partial charge on any atom is 0.253 e. The smallest absolute Gasteiger partial charge is 0.253 e. The largest absolute Gasteiger partial charge is 0.339 e. The highest BCUT2D eigenvalue weighted by Gasteiger charge is 2.26. The highest BCUT2D eigenvalue weighted by atomic mass is 32.1. The number of amides is 1. The molecule has 5 heteroatoms. The van der Waals surface area contributed by atoms with Crippen molar-refractivity contribution in [3.8, 4) is 5.69 Å². The number of piperidine rings is 1. The van der Waals surface area contributed by atoms with E-state index in [2.05, 4.69) is 13.8 Å². The highest BCUT2D eigenvalue weighted by Crippen LogP contribution is 2.32. The monoisotopic (exact) mass is 365 g/mol. The number of aryl methyl sites for hydroxylation is 2. The molecule has 3 heterocycles. The van der Waals surface area contributed by atoms with E-state index in [1.165, 1.54) is 9.88 Å². The SMILES string of the molecule is Cc1nc(C2CCN(C(=O)c3ccc(-n4cccc4)cc3)CC2)sc1C. The van der Waals surface area contributed by atoms with E-state index in [1.807, 2.05) is 69.6 Å². The van der Waals surface area contributed by atoms with Crippen LogP contribution in [0, 0.1) is 13.8 Å². The molecule has 0 radical (unpaired) electrons. The number of nitrogens with zero attached hydrogens (tertiary/aromatic N) is 3. The number of benzene rings is 1. The lowest BCUT2D eigenvalue weighted by molar-refractivity contribution is 0.0713. The summed E-state index contributed by atoms with van der Waals surface area (Å²) in [6.07, 6.45) is 6.01. The fourth-order valence-electron chi connectivity index (χ4n) is 3.47. The van der Waals surface area contributed by atoms with Crippen LogP contribution in [0.2, 0.25) is 0 Å². The van der Waals surface area contributed by atoms with Crippen molar-refractivity contribution >= 4 is 17.2 Å². The average Bonchev–Trinajstić information content (AvgIpc) is 3.32. The number of likely N-dealkylation sites (tertiary alicyclic amines) is 1. The quantitative estimate of drug-likeness (QED) is 0.682. The number of aromatic nitrogens is 2. The Kier molecular flexibility index (Phi) is 4.64. The van der Waals surface area contributed by atoms with Crippen LogP contribution in [0.5, 0.6) is 0 Å². The Morgan fingerprint density at radius 2 is 1.73 bits per heavy atom. The number of hydrogen-bond donors (Lipinski definition) is 0. The van der Waals surface area contributed by atoms with Crippen molar-refractivity contribution in [2.75, 3.05) is 13.1 Å². The molecule has 1 fully saturated rings. The third kappa shape index (κ3) is 3.31. The second-order valence-corrected chi connectivity index (χ2v) is 8.13. The first kappa shape index (κ1) is 17.0. The second kappa shape index (κ2) is 7.08. The third-order valence-corrected chi connectivity index (χ3v) is 6.43. The second-order valence-electron chi connectivity index (χ2n) is 6.90. The molecule has 1 amide bonds. The van der Waals surface area contributed by atoms with Gasteiger partial charge >= 0.3 is 0 Å². The van der Waals surface area contributed by atoms with E-state index in [0.717, 1.165) is 42.9 Å². The molecule has 0 saturated carbocycles. The van der Waals surface area contributed by atoms with E-state index < -0.39 is 0 Å². The summed E-state index contributed by atoms with van der Waals surface area (Å²) in [5.74, 6) is 0.626. The van der Waals surface area contributed by atoms with Gasteiger partial charge < -0.3 is 9.47 Å². The molecule has 0 bridgehead atoms. The number of rotatable bonds is 3. The summed E-state index contributed by atoms with van der Waals surface area (Å²) < 4.78 is 2.04. The van der Waals surface area contributed by atoms with E-state index in [4.69, 9.17) is 4.98 Å². The van der Waals surface area contributed by atoms with Crippen molar-refractivity contribution in [3.05, 3.63) is 69.9 Å². The van der Waals surface area contributed by atoms with Crippen LogP contribution in [0.4, 0.5) is 0 Å². The minimum atomic E-state index is 0.133. The fraction of sp³-hybridized carbons (Fsp3) is 0.333. The van der Waals surface area contributed by atoms with Gasteiger partial charge in [0, 0.05) is 47.5 Å². The van der Waals surface area contributed by atoms with Gasteiger partial charge in [-0.25, -0.2) is 4.98 Å². The molecule has 4 rings (SSSR count). The lowest BCUT2D eigenvalue weighted by Crippen LogP contribution is -2.37. The van der Waals surface area contributed by atoms with Crippen LogP contribution in [0.1, 0.15) is 44.7 Å². The molecule has 0 spiro atoms. The summed E-state index contributed by atoms with van der Waals surface area (Å²) in [5, 5.41) is 1.24. The van der Waals surface area contributed by atoms with Gasteiger partial charge in [-0.05, 0) is 63.1 Å². The minimum Gasteiger partial charge on any atom is -0.339 e. The minimum absolute atomic E-state index is 0.133. The summed E-state index contributed by atoms with van der Waals surface area (Å²) in [6.45, 7) is 5.82. The molecule has 1 aromatic carbocycles. The first-order valence-electron chi connectivity index (χ1n) is 9.08. The van der Waals surface area contributed by atoms with Gasteiger partial charge in [-0.3, -0.25) is 4.79 Å². The summed E-state index contributed by atoms with van der Waals surface area (Å²) in [4.78, 5) is 20.8. The fourth-order valence-corrected chi connectivity index (χ4v) is 4.56. The predicted octanol–water partition coefficient (Wildman–Crippen LogP) is 4.57. The lowest BCUT2D eigenvalue weighted by Gasteiger charge is -2.31. The topological polar surface area (TPSA) is 38.1 Å². The molecule has 0 aliphatic carbocycles. The maximum atomic E-state index is 12.8. The average molecular weight is 366 g/mol. The van der Waals surface area contributed by atoms with Crippen LogP contribution in [-0.4, -0.2) is 33.4 Å². The molecule has 0 unspecified atom stereocenters. The van der Waals surface area contributed by atoms with E-state index >= 15 is 0 Å². The Balaban J connectivity index is 1.40. The van der Waals surface area contributed by atoms with Crippen molar-refractivity contribution in [1.82, 2.24) is 14.5 Å². The molecule has 4 nitrogen and oxygen atoms in total. The van der Waals surface area contributed by atoms with Gasteiger partial charge in [0.05, 0.1) is 10.7 Å². The van der Waals surface area contributed by atoms with Crippen molar-refractivity contribution < 1.29 is 4.79 Å². The number of hydrogen-bond acceptors (Lipinski definition) is 3. The van der Waals surface area contributed by atoms with E-state index in [0.29, 0.717) is 5.92 Å². The van der Waals surface area contributed by atoms with Gasteiger partial charge in [0.2, 0.25) is 0 Å². The standard InChI is InChI=1S/C21H23N3OS/c1-15-16(2)26-20(22-15)17-9-13-24(14-10-17)21(25)18-5-7-19(8-6-18)23-11-3-4-12-23/h3-8,11-12,17H,9-10,13-14H2,1-2H3. The van der Waals surface area contributed by atoms with Crippen LogP contribution < -0.4 is 0 Å². The lowest BCUT2D eigenvalue weighted by atomic mass is 9.97. The molecule has 1 aliphatic heterocycles. The first-order chi connectivity index (χ1) is 12.6. The van der Waals surface area contributed by atoms with Gasteiger partial charge in [-0.2, -0.15) is 0 Å². The Labute approximate surface area is 158 Å². The molecule has 1 saturated heterocycles. The van der Waals surface area contributed by atoms with Gasteiger partial charge in [0.25, 0.3) is 5.91 Å². The van der Waals surface area contributed by atoms with Crippen LogP contribution in [-0.2, 0) is 0 Å². The molecular formula is C21H23N3OS. The number of carbonyl (C=O) groups excluding carboxylic acids is 1. The zero-order chi connectivity index (χ0) is 18.1. The molecular weight excluding hydrogens is 342 g/mol. The number of thiazole rings is 1. The van der Waals surface area contributed by atoms with Gasteiger partial charge in [-0.15, -0.1) is 11.3 Å². The summed E-state index contributed by atoms with van der Waals surface area (Å²) >= 11 is 1.81. The van der Waals surface area contributed by atoms with E-state index in [-0.39, 0.29) is 5.91 Å². The van der Waals surface area contributed by atoms with E-state index in [1.54, 1.807) is 0 Å². The van der Waals surface area contributed by atoms with Gasteiger partial charge in [0.1, 0.15) is 0 Å². The highest BCUT2D eigenvalue weighted by molar-refractivity contribution is 7.11. The summed E-state index contributed by atoms with van der Waals surface area (Å²) in [6, 6.07) is 11.8. The molecule has 3 aromatic rings. The van der Waals surface area contributed by atoms with Crippen molar-refractivity contribution in [1.29, 1.82) is 0 Å². The molecule has 1 aliphatic rings.